The number of hydrogen-bond donors (Lipinski definition) is 1. The third kappa shape index (κ3) is 5.83. The van der Waals surface area contributed by atoms with E-state index in [0.717, 1.165) is 22.3 Å². The van der Waals surface area contributed by atoms with Crippen molar-refractivity contribution < 1.29 is 23.1 Å². The van der Waals surface area contributed by atoms with Gasteiger partial charge in [0, 0.05) is 31.6 Å². The summed E-state index contributed by atoms with van der Waals surface area (Å²) in [5, 5.41) is 9.99. The summed E-state index contributed by atoms with van der Waals surface area (Å²) in [6.07, 6.45) is -0.505. The van der Waals surface area contributed by atoms with Crippen LogP contribution in [-0.2, 0) is 21.4 Å². The van der Waals surface area contributed by atoms with Crippen LogP contribution in [0.5, 0.6) is 0 Å². The lowest BCUT2D eigenvalue weighted by Crippen LogP contribution is -2.47. The maximum atomic E-state index is 13.9. The van der Waals surface area contributed by atoms with Gasteiger partial charge in [0.15, 0.2) is 0 Å². The van der Waals surface area contributed by atoms with E-state index in [0.29, 0.717) is 12.1 Å². The first-order valence-electron chi connectivity index (χ1n) is 12.9. The number of fused-ring (bicyclic) bond motifs is 3. The average molecular weight is 537 g/mol. The first-order valence-corrected chi connectivity index (χ1v) is 14.3. The minimum Gasteiger partial charge on any atom is -0.394 e. The second-order valence-corrected chi connectivity index (χ2v) is 12.2. The van der Waals surface area contributed by atoms with Crippen LogP contribution >= 0.6 is 0 Å². The number of rotatable bonds is 6. The Bertz CT molecular complexity index is 1390. The van der Waals surface area contributed by atoms with Crippen molar-refractivity contribution in [1.29, 1.82) is 0 Å². The van der Waals surface area contributed by atoms with E-state index in [-0.39, 0.29) is 36.5 Å². The quantitative estimate of drug-likeness (QED) is 0.507. The Kier molecular flexibility index (Phi) is 8.67. The van der Waals surface area contributed by atoms with Crippen LogP contribution in [0, 0.1) is 12.8 Å². The number of benzene rings is 3. The number of hydrogen-bond acceptors (Lipinski definition) is 5. The molecule has 0 aliphatic carbocycles. The van der Waals surface area contributed by atoms with Gasteiger partial charge >= 0.3 is 0 Å². The van der Waals surface area contributed by atoms with Crippen LogP contribution in [-0.4, -0.2) is 67.5 Å². The molecule has 0 aromatic heterocycles. The highest BCUT2D eigenvalue weighted by Crippen LogP contribution is 2.31. The maximum Gasteiger partial charge on any atom is 0.254 e. The van der Waals surface area contributed by atoms with Gasteiger partial charge in [0.25, 0.3) is 5.91 Å². The number of ether oxygens (including phenoxy) is 1. The molecule has 0 saturated carbocycles. The lowest BCUT2D eigenvalue weighted by atomic mass is 9.94. The van der Waals surface area contributed by atoms with Gasteiger partial charge in [-0.15, -0.1) is 0 Å². The molecule has 3 atom stereocenters. The summed E-state index contributed by atoms with van der Waals surface area (Å²) in [6.45, 7) is 6.11. The normalized spacial score (nSPS) is 19.4. The van der Waals surface area contributed by atoms with Gasteiger partial charge in [-0.25, -0.2) is 8.42 Å². The molecule has 1 aliphatic rings. The highest BCUT2D eigenvalue weighted by Gasteiger charge is 2.32. The van der Waals surface area contributed by atoms with Crippen molar-refractivity contribution in [2.75, 3.05) is 26.7 Å². The topological polar surface area (TPSA) is 87.2 Å². The molecule has 0 radical (unpaired) electrons. The van der Waals surface area contributed by atoms with Crippen molar-refractivity contribution in [3.63, 3.8) is 0 Å². The van der Waals surface area contributed by atoms with Crippen LogP contribution in [0.4, 0.5) is 0 Å². The Labute approximate surface area is 225 Å². The van der Waals surface area contributed by atoms with Crippen LogP contribution in [0.3, 0.4) is 0 Å². The van der Waals surface area contributed by atoms with Gasteiger partial charge in [0.1, 0.15) is 0 Å². The zero-order chi connectivity index (χ0) is 27.4. The highest BCUT2D eigenvalue weighted by molar-refractivity contribution is 7.89. The summed E-state index contributed by atoms with van der Waals surface area (Å²) in [6, 6.07) is 21.7. The average Bonchev–Trinajstić information content (AvgIpc) is 2.94. The second kappa shape index (κ2) is 11.8. The molecule has 1 N–H and O–H groups in total. The zero-order valence-corrected chi connectivity index (χ0v) is 23.2. The molecule has 7 nitrogen and oxygen atoms in total. The largest absolute Gasteiger partial charge is 0.394 e. The van der Waals surface area contributed by atoms with Crippen molar-refractivity contribution >= 4 is 15.9 Å². The first-order chi connectivity index (χ1) is 18.1. The third-order valence-corrected chi connectivity index (χ3v) is 9.05. The molecule has 1 heterocycles. The lowest BCUT2D eigenvalue weighted by molar-refractivity contribution is -0.0146. The molecule has 0 unspecified atom stereocenters. The fraction of sp³-hybridized carbons (Fsp3) is 0.367. The number of sulfonamides is 1. The van der Waals surface area contributed by atoms with Crippen molar-refractivity contribution in [1.82, 2.24) is 9.21 Å². The molecule has 1 aliphatic heterocycles. The van der Waals surface area contributed by atoms with E-state index in [1.807, 2.05) is 75.4 Å². The molecule has 0 saturated heterocycles. The van der Waals surface area contributed by atoms with E-state index in [4.69, 9.17) is 4.74 Å². The number of aryl methyl sites for hydroxylation is 1. The number of nitrogens with zero attached hydrogens (tertiary/aromatic N) is 2. The van der Waals surface area contributed by atoms with E-state index in [2.05, 4.69) is 0 Å². The molecule has 8 heteroatoms. The minimum absolute atomic E-state index is 0.113. The molecule has 1 amide bonds. The van der Waals surface area contributed by atoms with Gasteiger partial charge in [-0.05, 0) is 54.3 Å². The van der Waals surface area contributed by atoms with E-state index >= 15 is 0 Å². The molecule has 38 heavy (non-hydrogen) atoms. The van der Waals surface area contributed by atoms with Crippen LogP contribution in [0.15, 0.2) is 77.7 Å². The lowest BCUT2D eigenvalue weighted by Gasteiger charge is -2.35. The molecule has 3 aromatic carbocycles. The Morgan fingerprint density at radius 1 is 1.03 bits per heavy atom. The summed E-state index contributed by atoms with van der Waals surface area (Å²) in [5.74, 6) is -0.397. The number of likely N-dealkylation sites (N-methyl/N-ethyl adjacent to an activating group) is 1. The monoisotopic (exact) mass is 536 g/mol. The molecular formula is C30H36N2O5S. The van der Waals surface area contributed by atoms with Crippen molar-refractivity contribution in [3.8, 4) is 11.1 Å². The van der Waals surface area contributed by atoms with E-state index in [9.17, 15) is 18.3 Å². The van der Waals surface area contributed by atoms with Crippen LogP contribution in [0.2, 0.25) is 0 Å². The predicted octanol–water partition coefficient (Wildman–Crippen LogP) is 4.34. The number of amides is 1. The molecule has 0 fully saturated rings. The summed E-state index contributed by atoms with van der Waals surface area (Å²) >= 11 is 0. The molecule has 3 aromatic rings. The van der Waals surface area contributed by atoms with Gasteiger partial charge in [-0.2, -0.15) is 4.31 Å². The van der Waals surface area contributed by atoms with Crippen LogP contribution in [0.1, 0.15) is 35.3 Å². The smallest absolute Gasteiger partial charge is 0.254 e. The van der Waals surface area contributed by atoms with Crippen molar-refractivity contribution in [3.05, 3.63) is 89.5 Å². The highest BCUT2D eigenvalue weighted by atomic mass is 32.2. The summed E-state index contributed by atoms with van der Waals surface area (Å²) in [4.78, 5) is 15.8. The summed E-state index contributed by atoms with van der Waals surface area (Å²) < 4.78 is 34.5. The van der Waals surface area contributed by atoms with Crippen molar-refractivity contribution in [2.24, 2.45) is 5.92 Å². The molecule has 0 spiro atoms. The number of aliphatic hydroxyl groups excluding tert-OH is 1. The maximum absolute atomic E-state index is 13.9. The van der Waals surface area contributed by atoms with Crippen LogP contribution in [0.25, 0.3) is 11.1 Å². The van der Waals surface area contributed by atoms with E-state index < -0.39 is 22.2 Å². The molecule has 4 rings (SSSR count). The Hall–Kier alpha value is -3.04. The molecule has 0 bridgehead atoms. The van der Waals surface area contributed by atoms with Crippen molar-refractivity contribution in [2.45, 2.75) is 44.4 Å². The van der Waals surface area contributed by atoms with Gasteiger partial charge in [0.05, 0.1) is 30.3 Å². The fourth-order valence-electron chi connectivity index (χ4n) is 4.86. The van der Waals surface area contributed by atoms with Gasteiger partial charge in [-0.1, -0.05) is 61.5 Å². The van der Waals surface area contributed by atoms with E-state index in [1.165, 1.54) is 4.31 Å². The zero-order valence-electron chi connectivity index (χ0n) is 22.4. The summed E-state index contributed by atoms with van der Waals surface area (Å²) in [7, 11) is -2.19. The van der Waals surface area contributed by atoms with Crippen LogP contribution < -0.4 is 0 Å². The standard InChI is InChI=1S/C30H36N2O5S/c1-21-10-9-12-25(16-21)38(35,36)31(4)18-29-22(2)17-32(23(3)19-33)30(34)28-15-8-7-14-27(28)26-13-6-5-11-24(26)20-37-29/h5-16,22-23,29,33H,17-20H2,1-4H3/t22-,23+,29+/m0/s1. The number of aliphatic hydroxyl groups is 1. The Morgan fingerprint density at radius 3 is 2.37 bits per heavy atom. The van der Waals surface area contributed by atoms with E-state index in [1.54, 1.807) is 30.1 Å². The summed E-state index contributed by atoms with van der Waals surface area (Å²) in [5.41, 5.74) is 4.03. The third-order valence-electron chi connectivity index (χ3n) is 7.23. The van der Waals surface area contributed by atoms with Gasteiger partial charge < -0.3 is 14.7 Å². The fourth-order valence-corrected chi connectivity index (χ4v) is 6.15. The predicted molar refractivity (Wildman–Crippen MR) is 148 cm³/mol. The van der Waals surface area contributed by atoms with Gasteiger partial charge in [-0.3, -0.25) is 4.79 Å². The number of carbonyl (C=O) groups excluding carboxylic acids is 1. The minimum atomic E-state index is -3.75. The molecular weight excluding hydrogens is 500 g/mol. The Balaban J connectivity index is 1.73. The first kappa shape index (κ1) is 28.0. The number of carbonyl (C=O) groups is 1. The molecule has 202 valence electrons. The Morgan fingerprint density at radius 2 is 1.68 bits per heavy atom. The van der Waals surface area contributed by atoms with Gasteiger partial charge in [0.2, 0.25) is 10.0 Å². The SMILES string of the molecule is Cc1cccc(S(=O)(=O)N(C)C[C@H]2OCc3ccccc3-c3ccccc3C(=O)N([C@H](C)CO)C[C@@H]2C)c1. The second-order valence-electron chi connectivity index (χ2n) is 10.1.